The molecule has 2 rings (SSSR count). The molecule has 1 fully saturated rings. The Morgan fingerprint density at radius 2 is 2.30 bits per heavy atom. The van der Waals surface area contributed by atoms with Gasteiger partial charge in [0, 0.05) is 24.9 Å². The highest BCUT2D eigenvalue weighted by molar-refractivity contribution is 6.33. The van der Waals surface area contributed by atoms with Crippen LogP contribution in [0.5, 0.6) is 0 Å². The molecule has 0 bridgehead atoms. The minimum atomic E-state index is -0.995. The second kappa shape index (κ2) is 9.02. The summed E-state index contributed by atoms with van der Waals surface area (Å²) >= 11 is 6.10. The number of rotatable bonds is 4. The number of anilines is 1. The molecule has 0 aliphatic carbocycles. The highest BCUT2D eigenvalue weighted by atomic mass is 35.5. The van der Waals surface area contributed by atoms with Crippen molar-refractivity contribution in [3.63, 3.8) is 0 Å². The Balaban J connectivity index is 0.00000180. The van der Waals surface area contributed by atoms with E-state index in [4.69, 9.17) is 16.7 Å². The van der Waals surface area contributed by atoms with E-state index in [0.717, 1.165) is 25.6 Å². The Morgan fingerprint density at radius 3 is 2.85 bits per heavy atom. The van der Waals surface area contributed by atoms with Crippen LogP contribution in [0.3, 0.4) is 0 Å². The van der Waals surface area contributed by atoms with E-state index in [1.165, 1.54) is 6.08 Å². The first-order valence-electron chi connectivity index (χ1n) is 5.69. The van der Waals surface area contributed by atoms with Crippen LogP contribution < -0.4 is 10.6 Å². The topological polar surface area (TPSA) is 74.2 Å². The average molecular weight is 341 g/mol. The number of nitrogens with zero attached hydrogens (tertiary/aromatic N) is 1. The molecule has 1 aromatic heterocycles. The predicted octanol–water partition coefficient (Wildman–Crippen LogP) is 2.45. The lowest BCUT2D eigenvalue weighted by molar-refractivity contribution is -0.131. The number of nitrogens with one attached hydrogen (secondary N) is 2. The van der Waals surface area contributed by atoms with Crippen LogP contribution in [-0.4, -0.2) is 35.2 Å². The van der Waals surface area contributed by atoms with Gasteiger partial charge in [0.05, 0.1) is 5.02 Å². The zero-order valence-corrected chi connectivity index (χ0v) is 12.9. The van der Waals surface area contributed by atoms with Crippen LogP contribution in [0, 0.1) is 0 Å². The van der Waals surface area contributed by atoms with E-state index in [9.17, 15) is 4.79 Å². The summed E-state index contributed by atoms with van der Waals surface area (Å²) in [6.07, 6.45) is 5.15. The molecule has 1 saturated heterocycles. The number of carbonyl (C=O) groups is 1. The van der Waals surface area contributed by atoms with E-state index < -0.39 is 5.97 Å². The molecule has 5 nitrogen and oxygen atoms in total. The third-order valence-corrected chi connectivity index (χ3v) is 2.97. The summed E-state index contributed by atoms with van der Waals surface area (Å²) in [4.78, 5) is 14.6. The quantitative estimate of drug-likeness (QED) is 0.734. The van der Waals surface area contributed by atoms with Gasteiger partial charge in [0.1, 0.15) is 5.82 Å². The van der Waals surface area contributed by atoms with Gasteiger partial charge in [-0.2, -0.15) is 0 Å². The van der Waals surface area contributed by atoms with Crippen molar-refractivity contribution in [2.75, 3.05) is 18.4 Å². The summed E-state index contributed by atoms with van der Waals surface area (Å²) in [6, 6.07) is 2.04. The fourth-order valence-electron chi connectivity index (χ4n) is 1.79. The van der Waals surface area contributed by atoms with Crippen molar-refractivity contribution in [1.82, 2.24) is 10.3 Å². The molecule has 0 saturated carbocycles. The van der Waals surface area contributed by atoms with Gasteiger partial charge in [0.25, 0.3) is 0 Å². The molecule has 1 aromatic rings. The average Bonchev–Trinajstić information content (AvgIpc) is 2.82. The van der Waals surface area contributed by atoms with E-state index in [1.54, 1.807) is 12.3 Å². The molecule has 1 aliphatic heterocycles. The monoisotopic (exact) mass is 339 g/mol. The first-order chi connectivity index (χ1) is 8.65. The number of hydrogen-bond donors (Lipinski definition) is 3. The Labute approximate surface area is 134 Å². The standard InChI is InChI=1S/C12H14ClN3O2.2ClH/c13-10-5-8(1-2-11(17)18)6-15-12(10)16-9-3-4-14-7-9;;/h1-2,5-6,9,14H,3-4,7H2,(H,15,16)(H,17,18);2*1H/b2-1+;;/t9-;;/m1../s1. The van der Waals surface area contributed by atoms with Gasteiger partial charge in [-0.1, -0.05) is 11.6 Å². The fraction of sp³-hybridized carbons (Fsp3) is 0.333. The maximum atomic E-state index is 10.4. The Hall–Kier alpha value is -1.01. The predicted molar refractivity (Wildman–Crippen MR) is 85.3 cm³/mol. The van der Waals surface area contributed by atoms with Crippen molar-refractivity contribution < 1.29 is 9.90 Å². The number of carboxylic acids is 1. The lowest BCUT2D eigenvalue weighted by Gasteiger charge is -2.13. The van der Waals surface area contributed by atoms with Gasteiger partial charge in [0.15, 0.2) is 0 Å². The lowest BCUT2D eigenvalue weighted by atomic mass is 10.2. The van der Waals surface area contributed by atoms with Crippen molar-refractivity contribution in [3.05, 3.63) is 28.9 Å². The number of carboxylic acid groups (broad SMARTS) is 1. The molecular weight excluding hydrogens is 325 g/mol. The van der Waals surface area contributed by atoms with Gasteiger partial charge < -0.3 is 15.7 Å². The summed E-state index contributed by atoms with van der Waals surface area (Å²) in [5, 5.41) is 15.5. The van der Waals surface area contributed by atoms with E-state index >= 15 is 0 Å². The van der Waals surface area contributed by atoms with Crippen LogP contribution in [-0.2, 0) is 4.79 Å². The van der Waals surface area contributed by atoms with Crippen molar-refractivity contribution in [2.24, 2.45) is 0 Å². The highest BCUT2D eigenvalue weighted by Crippen LogP contribution is 2.22. The third-order valence-electron chi connectivity index (χ3n) is 2.68. The summed E-state index contributed by atoms with van der Waals surface area (Å²) in [5.41, 5.74) is 0.664. The molecular formula is C12H16Cl3N3O2. The van der Waals surface area contributed by atoms with E-state index in [1.807, 2.05) is 0 Å². The normalized spacial score (nSPS) is 17.4. The number of pyridine rings is 1. The van der Waals surface area contributed by atoms with Crippen molar-refractivity contribution in [1.29, 1.82) is 0 Å². The van der Waals surface area contributed by atoms with Crippen LogP contribution in [0.2, 0.25) is 5.02 Å². The van der Waals surface area contributed by atoms with E-state index in [-0.39, 0.29) is 24.8 Å². The second-order valence-electron chi connectivity index (χ2n) is 4.10. The third kappa shape index (κ3) is 5.54. The van der Waals surface area contributed by atoms with Crippen LogP contribution in [0.15, 0.2) is 18.3 Å². The molecule has 1 atom stereocenters. The molecule has 1 aliphatic rings. The number of aromatic nitrogens is 1. The molecule has 0 amide bonds. The molecule has 8 heteroatoms. The van der Waals surface area contributed by atoms with Gasteiger partial charge >= 0.3 is 5.97 Å². The zero-order valence-electron chi connectivity index (χ0n) is 10.5. The SMILES string of the molecule is Cl.Cl.O=C(O)/C=C/c1cnc(N[C@@H]2CCNC2)c(Cl)c1. The molecule has 0 spiro atoms. The summed E-state index contributed by atoms with van der Waals surface area (Å²) < 4.78 is 0. The largest absolute Gasteiger partial charge is 0.478 e. The lowest BCUT2D eigenvalue weighted by Crippen LogP contribution is -2.22. The number of aliphatic carboxylic acids is 1. The molecule has 2 heterocycles. The van der Waals surface area contributed by atoms with Crippen molar-refractivity contribution >= 4 is 54.3 Å². The van der Waals surface area contributed by atoms with Crippen LogP contribution in [0.25, 0.3) is 6.08 Å². The van der Waals surface area contributed by atoms with Crippen molar-refractivity contribution in [2.45, 2.75) is 12.5 Å². The highest BCUT2D eigenvalue weighted by Gasteiger charge is 2.15. The molecule has 0 aromatic carbocycles. The van der Waals surface area contributed by atoms with Gasteiger partial charge in [-0.15, -0.1) is 24.8 Å². The van der Waals surface area contributed by atoms with Gasteiger partial charge in [-0.25, -0.2) is 9.78 Å². The maximum absolute atomic E-state index is 10.4. The van der Waals surface area contributed by atoms with E-state index in [2.05, 4.69) is 15.6 Å². The van der Waals surface area contributed by atoms with Gasteiger partial charge in [-0.3, -0.25) is 0 Å². The minimum absolute atomic E-state index is 0. The van der Waals surface area contributed by atoms with Gasteiger partial charge in [0.2, 0.25) is 0 Å². The van der Waals surface area contributed by atoms with Crippen LogP contribution >= 0.6 is 36.4 Å². The van der Waals surface area contributed by atoms with Crippen molar-refractivity contribution in [3.8, 4) is 0 Å². The maximum Gasteiger partial charge on any atom is 0.328 e. The first kappa shape index (κ1) is 19.0. The Bertz CT molecular complexity index is 477. The molecule has 112 valence electrons. The van der Waals surface area contributed by atoms with Crippen LogP contribution in [0.1, 0.15) is 12.0 Å². The summed E-state index contributed by atoms with van der Waals surface area (Å²) in [7, 11) is 0. The van der Waals surface area contributed by atoms with Gasteiger partial charge in [-0.05, 0) is 30.7 Å². The number of hydrogen-bond acceptors (Lipinski definition) is 4. The fourth-order valence-corrected chi connectivity index (χ4v) is 2.02. The number of halogens is 3. The summed E-state index contributed by atoms with van der Waals surface area (Å²) in [6.45, 7) is 1.90. The Morgan fingerprint density at radius 1 is 1.55 bits per heavy atom. The Kier molecular flexibility index (Phi) is 8.57. The zero-order chi connectivity index (χ0) is 13.0. The smallest absolute Gasteiger partial charge is 0.328 e. The summed E-state index contributed by atoms with van der Waals surface area (Å²) in [5.74, 6) is -0.358. The molecule has 3 N–H and O–H groups in total. The first-order valence-corrected chi connectivity index (χ1v) is 6.07. The molecule has 0 unspecified atom stereocenters. The molecule has 0 radical (unpaired) electrons. The minimum Gasteiger partial charge on any atom is -0.478 e. The van der Waals surface area contributed by atoms with Crippen LogP contribution in [0.4, 0.5) is 5.82 Å². The second-order valence-corrected chi connectivity index (χ2v) is 4.51. The molecule has 20 heavy (non-hydrogen) atoms. The van der Waals surface area contributed by atoms with E-state index in [0.29, 0.717) is 22.4 Å².